The maximum atomic E-state index is 12.5. The van der Waals surface area contributed by atoms with Crippen LogP contribution in [-0.4, -0.2) is 35.6 Å². The van der Waals surface area contributed by atoms with Gasteiger partial charge in [-0.2, -0.15) is 0 Å². The molecule has 0 aromatic rings. The second-order valence-corrected chi connectivity index (χ2v) is 10.3. The lowest BCUT2D eigenvalue weighted by Gasteiger charge is -2.15. The number of esters is 1. The topological polar surface area (TPSA) is 92.7 Å². The largest absolute Gasteiger partial charge is 0.480 e. The third kappa shape index (κ3) is 26.9. The third-order valence-corrected chi connectivity index (χ3v) is 6.58. The number of hydrogen-bond acceptors (Lipinski definition) is 4. The molecule has 220 valence electrons. The van der Waals surface area contributed by atoms with Crippen molar-refractivity contribution in [2.75, 3.05) is 6.54 Å². The van der Waals surface area contributed by atoms with Crippen LogP contribution in [0.5, 0.6) is 0 Å². The van der Waals surface area contributed by atoms with Crippen molar-refractivity contribution in [3.05, 3.63) is 24.3 Å². The molecule has 0 spiro atoms. The molecule has 38 heavy (non-hydrogen) atoms. The zero-order chi connectivity index (χ0) is 28.1. The van der Waals surface area contributed by atoms with Crippen molar-refractivity contribution in [2.24, 2.45) is 0 Å². The van der Waals surface area contributed by atoms with Crippen LogP contribution in [0.1, 0.15) is 149 Å². The smallest absolute Gasteiger partial charge is 0.322 e. The van der Waals surface area contributed by atoms with Gasteiger partial charge in [0, 0.05) is 12.8 Å². The Morgan fingerprint density at radius 3 is 1.92 bits per heavy atom. The summed E-state index contributed by atoms with van der Waals surface area (Å²) in [5, 5.41) is 11.0. The summed E-state index contributed by atoms with van der Waals surface area (Å²) in [6.07, 6.45) is 30.2. The first-order valence-electron chi connectivity index (χ1n) is 15.5. The molecular weight excluding hydrogens is 478 g/mol. The Labute approximate surface area is 233 Å². The van der Waals surface area contributed by atoms with Crippen LogP contribution < -0.4 is 5.32 Å². The highest BCUT2D eigenvalue weighted by Crippen LogP contribution is 2.14. The third-order valence-electron chi connectivity index (χ3n) is 6.58. The van der Waals surface area contributed by atoms with Crippen molar-refractivity contribution in [3.8, 4) is 0 Å². The zero-order valence-electron chi connectivity index (χ0n) is 24.5. The summed E-state index contributed by atoms with van der Waals surface area (Å²) in [7, 11) is 0. The van der Waals surface area contributed by atoms with Crippen LogP contribution in [0.15, 0.2) is 24.3 Å². The second-order valence-electron chi connectivity index (χ2n) is 10.3. The summed E-state index contributed by atoms with van der Waals surface area (Å²) in [6.45, 7) is 4.10. The van der Waals surface area contributed by atoms with Gasteiger partial charge in [0.2, 0.25) is 5.91 Å². The highest BCUT2D eigenvalue weighted by molar-refractivity contribution is 5.80. The van der Waals surface area contributed by atoms with Crippen LogP contribution in [-0.2, 0) is 19.1 Å². The number of nitrogens with one attached hydrogen (secondary N) is 1. The van der Waals surface area contributed by atoms with E-state index in [1.54, 1.807) is 0 Å². The number of carbonyl (C=O) groups excluding carboxylic acids is 2. The minimum atomic E-state index is -1.03. The normalized spacial score (nSPS) is 12.3. The number of amides is 1. The Hall–Kier alpha value is -2.11. The van der Waals surface area contributed by atoms with Crippen molar-refractivity contribution in [3.63, 3.8) is 0 Å². The van der Waals surface area contributed by atoms with E-state index in [1.807, 2.05) is 0 Å². The summed E-state index contributed by atoms with van der Waals surface area (Å²) in [5.74, 6) is -1.34. The van der Waals surface area contributed by atoms with Gasteiger partial charge < -0.3 is 15.2 Å². The first kappa shape index (κ1) is 35.9. The molecule has 0 fully saturated rings. The molecule has 0 aliphatic carbocycles. The molecule has 0 aliphatic rings. The van der Waals surface area contributed by atoms with Crippen molar-refractivity contribution >= 4 is 17.8 Å². The van der Waals surface area contributed by atoms with Crippen LogP contribution in [0.3, 0.4) is 0 Å². The van der Waals surface area contributed by atoms with E-state index in [4.69, 9.17) is 9.84 Å². The Morgan fingerprint density at radius 1 is 0.684 bits per heavy atom. The van der Waals surface area contributed by atoms with Crippen LogP contribution >= 0.6 is 0 Å². The molecule has 0 saturated heterocycles. The fourth-order valence-corrected chi connectivity index (χ4v) is 4.23. The Balaban J connectivity index is 4.16. The maximum absolute atomic E-state index is 12.5. The quantitative estimate of drug-likeness (QED) is 0.0625. The van der Waals surface area contributed by atoms with Gasteiger partial charge in [0.1, 0.15) is 12.6 Å². The van der Waals surface area contributed by atoms with Gasteiger partial charge in [-0.1, -0.05) is 96.3 Å². The van der Waals surface area contributed by atoms with E-state index < -0.39 is 5.97 Å². The van der Waals surface area contributed by atoms with Crippen LogP contribution in [0, 0.1) is 0 Å². The number of carboxylic acid groups (broad SMARTS) is 1. The standard InChI is InChI=1S/C32H57NO5/c1-3-5-7-9-11-12-13-14-15-17-23-27-32(37)38-29(24-20-16-10-8-6-4-2)25-21-18-19-22-26-30(34)33-28-31(35)36/h9,11,20,24,29H,3-8,10,12-19,21-23,25-28H2,1-2H3,(H,33,34)(H,35,36)/b11-9-,24-20-. The number of carboxylic acids is 1. The number of aliphatic carboxylic acids is 1. The van der Waals surface area contributed by atoms with Crippen LogP contribution in [0.25, 0.3) is 0 Å². The van der Waals surface area contributed by atoms with E-state index in [0.29, 0.717) is 12.8 Å². The zero-order valence-corrected chi connectivity index (χ0v) is 24.5. The van der Waals surface area contributed by atoms with E-state index in [0.717, 1.165) is 57.8 Å². The van der Waals surface area contributed by atoms with E-state index in [9.17, 15) is 14.4 Å². The first-order valence-corrected chi connectivity index (χ1v) is 15.5. The minimum absolute atomic E-state index is 0.0976. The number of rotatable bonds is 27. The molecule has 0 heterocycles. The van der Waals surface area contributed by atoms with Crippen molar-refractivity contribution in [1.82, 2.24) is 5.32 Å². The molecule has 1 atom stereocenters. The number of ether oxygens (including phenoxy) is 1. The Kier molecular flexibility index (Phi) is 26.4. The lowest BCUT2D eigenvalue weighted by Crippen LogP contribution is -2.28. The van der Waals surface area contributed by atoms with Crippen LogP contribution in [0.2, 0.25) is 0 Å². The van der Waals surface area contributed by atoms with Crippen molar-refractivity contribution in [1.29, 1.82) is 0 Å². The molecule has 1 unspecified atom stereocenters. The number of allylic oxidation sites excluding steroid dienone is 3. The van der Waals surface area contributed by atoms with Gasteiger partial charge in [0.05, 0.1) is 0 Å². The summed E-state index contributed by atoms with van der Waals surface area (Å²) in [6, 6.07) is 0. The molecule has 0 saturated carbocycles. The predicted molar refractivity (Wildman–Crippen MR) is 157 cm³/mol. The van der Waals surface area contributed by atoms with Crippen LogP contribution in [0.4, 0.5) is 0 Å². The van der Waals surface area contributed by atoms with Crippen molar-refractivity contribution < 1.29 is 24.2 Å². The SMILES string of the molecule is CCCC/C=C\CCCCCCCC(=O)OC(/C=C\CCCCCC)CCCCCCC(=O)NCC(=O)O. The fraction of sp³-hybridized carbons (Fsp3) is 0.781. The average Bonchev–Trinajstić information content (AvgIpc) is 2.89. The summed E-state index contributed by atoms with van der Waals surface area (Å²) in [5.41, 5.74) is 0. The van der Waals surface area contributed by atoms with Gasteiger partial charge in [-0.25, -0.2) is 0 Å². The molecule has 6 heteroatoms. The molecule has 0 aromatic heterocycles. The second kappa shape index (κ2) is 27.9. The highest BCUT2D eigenvalue weighted by Gasteiger charge is 2.11. The number of hydrogen-bond donors (Lipinski definition) is 2. The number of carbonyl (C=O) groups is 3. The van der Waals surface area contributed by atoms with E-state index in [2.05, 4.69) is 43.5 Å². The molecular formula is C32H57NO5. The predicted octanol–water partition coefficient (Wildman–Crippen LogP) is 8.44. The first-order chi connectivity index (χ1) is 18.5. The molecule has 0 rings (SSSR count). The molecule has 1 amide bonds. The summed E-state index contributed by atoms with van der Waals surface area (Å²) >= 11 is 0. The van der Waals surface area contributed by atoms with Crippen molar-refractivity contribution in [2.45, 2.75) is 155 Å². The van der Waals surface area contributed by atoms with E-state index >= 15 is 0 Å². The van der Waals surface area contributed by atoms with Gasteiger partial charge in [-0.05, 0) is 63.9 Å². The van der Waals surface area contributed by atoms with Gasteiger partial charge in [-0.3, -0.25) is 14.4 Å². The summed E-state index contributed by atoms with van der Waals surface area (Å²) < 4.78 is 5.81. The van der Waals surface area contributed by atoms with Gasteiger partial charge in [0.15, 0.2) is 0 Å². The Bertz CT molecular complexity index is 644. The molecule has 0 bridgehead atoms. The summed E-state index contributed by atoms with van der Waals surface area (Å²) in [4.78, 5) is 34.6. The van der Waals surface area contributed by atoms with E-state index in [-0.39, 0.29) is 24.5 Å². The fourth-order valence-electron chi connectivity index (χ4n) is 4.23. The highest BCUT2D eigenvalue weighted by atomic mass is 16.5. The molecule has 0 radical (unpaired) electrons. The average molecular weight is 536 g/mol. The lowest BCUT2D eigenvalue weighted by atomic mass is 10.1. The molecule has 0 aromatic carbocycles. The molecule has 0 aliphatic heterocycles. The lowest BCUT2D eigenvalue weighted by molar-refractivity contribution is -0.147. The molecule has 2 N–H and O–H groups in total. The maximum Gasteiger partial charge on any atom is 0.322 e. The monoisotopic (exact) mass is 535 g/mol. The van der Waals surface area contributed by atoms with Gasteiger partial charge in [-0.15, -0.1) is 0 Å². The van der Waals surface area contributed by atoms with E-state index in [1.165, 1.54) is 64.2 Å². The van der Waals surface area contributed by atoms with Gasteiger partial charge >= 0.3 is 11.9 Å². The Morgan fingerprint density at radius 2 is 1.24 bits per heavy atom. The number of unbranched alkanes of at least 4 members (excludes halogenated alkanes) is 14. The minimum Gasteiger partial charge on any atom is -0.480 e. The molecule has 6 nitrogen and oxygen atoms in total. The van der Waals surface area contributed by atoms with Gasteiger partial charge in [0.25, 0.3) is 0 Å².